The van der Waals surface area contributed by atoms with E-state index in [1.165, 1.54) is 0 Å². The van der Waals surface area contributed by atoms with Crippen molar-refractivity contribution >= 4 is 41.5 Å². The lowest BCUT2D eigenvalue weighted by atomic mass is 10.1. The van der Waals surface area contributed by atoms with Crippen LogP contribution < -0.4 is 5.32 Å². The first-order valence-corrected chi connectivity index (χ1v) is 8.73. The minimum absolute atomic E-state index is 0. The van der Waals surface area contributed by atoms with Gasteiger partial charge in [0.2, 0.25) is 5.91 Å². The van der Waals surface area contributed by atoms with E-state index in [0.29, 0.717) is 29.4 Å². The van der Waals surface area contributed by atoms with E-state index in [1.807, 2.05) is 28.8 Å². The number of piperazine rings is 1. The van der Waals surface area contributed by atoms with Crippen molar-refractivity contribution in [3.63, 3.8) is 0 Å². The number of hydrogen-bond acceptors (Lipinski definition) is 3. The Labute approximate surface area is 163 Å². The van der Waals surface area contributed by atoms with Crippen LogP contribution in [-0.2, 0) is 18.3 Å². The summed E-state index contributed by atoms with van der Waals surface area (Å²) in [6.45, 7) is 2.21. The quantitative estimate of drug-likeness (QED) is 0.852. The van der Waals surface area contributed by atoms with Gasteiger partial charge in [-0.1, -0.05) is 29.3 Å². The van der Waals surface area contributed by atoms with Gasteiger partial charge in [0.15, 0.2) is 0 Å². The molecular weight excluding hydrogens is 383 g/mol. The van der Waals surface area contributed by atoms with Crippen molar-refractivity contribution < 1.29 is 4.79 Å². The normalized spacial score (nSPS) is 17.2. The van der Waals surface area contributed by atoms with Gasteiger partial charge in [-0.2, -0.15) is 0 Å². The second-order valence-corrected chi connectivity index (χ2v) is 6.78. The largest absolute Gasteiger partial charge is 0.336 e. The van der Waals surface area contributed by atoms with Crippen molar-refractivity contribution in [2.45, 2.75) is 18.9 Å². The summed E-state index contributed by atoms with van der Waals surface area (Å²) in [6.07, 6.45) is 4.69. The summed E-state index contributed by atoms with van der Waals surface area (Å²) in [5, 5.41) is 4.55. The van der Waals surface area contributed by atoms with Gasteiger partial charge in [-0.15, -0.1) is 12.4 Å². The molecule has 1 unspecified atom stereocenters. The fourth-order valence-electron chi connectivity index (χ4n) is 3.04. The van der Waals surface area contributed by atoms with Gasteiger partial charge in [0, 0.05) is 55.5 Å². The zero-order chi connectivity index (χ0) is 17.1. The summed E-state index contributed by atoms with van der Waals surface area (Å²) in [6, 6.07) is 5.36. The zero-order valence-corrected chi connectivity index (χ0v) is 16.2. The van der Waals surface area contributed by atoms with Gasteiger partial charge >= 0.3 is 0 Å². The van der Waals surface area contributed by atoms with Crippen LogP contribution >= 0.6 is 35.6 Å². The highest BCUT2D eigenvalue weighted by Crippen LogP contribution is 2.24. The monoisotopic (exact) mass is 402 g/mol. The molecule has 2 heterocycles. The second kappa shape index (κ2) is 8.90. The highest BCUT2D eigenvalue weighted by atomic mass is 35.5. The fourth-order valence-corrected chi connectivity index (χ4v) is 3.54. The maximum atomic E-state index is 12.8. The van der Waals surface area contributed by atoms with Crippen LogP contribution in [0.4, 0.5) is 0 Å². The average Bonchev–Trinajstić information content (AvgIpc) is 2.99. The standard InChI is InChI=1S/C17H20Cl2N4O.ClH/c1-22-8-7-21-17(22)15-11-20-6-9-23(15)16(24)5-3-12-2-4-13(18)10-14(12)19;/h2,4,7-8,10,15,20H,3,5-6,9,11H2,1H3;1H. The third-order valence-electron chi connectivity index (χ3n) is 4.34. The number of carbonyl (C=O) groups is 1. The lowest BCUT2D eigenvalue weighted by molar-refractivity contribution is -0.134. The molecule has 3 rings (SSSR count). The number of hydrogen-bond donors (Lipinski definition) is 1. The maximum absolute atomic E-state index is 12.8. The van der Waals surface area contributed by atoms with Crippen LogP contribution in [-0.4, -0.2) is 40.0 Å². The summed E-state index contributed by atoms with van der Waals surface area (Å²) >= 11 is 12.1. The van der Waals surface area contributed by atoms with Gasteiger partial charge in [-0.3, -0.25) is 4.79 Å². The Morgan fingerprint density at radius 1 is 1.40 bits per heavy atom. The molecule has 0 bridgehead atoms. The van der Waals surface area contributed by atoms with Crippen molar-refractivity contribution in [2.75, 3.05) is 19.6 Å². The van der Waals surface area contributed by atoms with Crippen LogP contribution in [0.5, 0.6) is 0 Å². The van der Waals surface area contributed by atoms with Gasteiger partial charge in [-0.05, 0) is 24.1 Å². The Balaban J connectivity index is 0.00000225. The minimum Gasteiger partial charge on any atom is -0.336 e. The summed E-state index contributed by atoms with van der Waals surface area (Å²) in [7, 11) is 1.95. The summed E-state index contributed by atoms with van der Waals surface area (Å²) in [5.74, 6) is 1.02. The lowest BCUT2D eigenvalue weighted by Crippen LogP contribution is -2.49. The Kier molecular flexibility index (Phi) is 7.14. The smallest absolute Gasteiger partial charge is 0.223 e. The van der Waals surface area contributed by atoms with Crippen LogP contribution in [0, 0.1) is 0 Å². The molecule has 1 aromatic carbocycles. The molecule has 2 aromatic rings. The first-order chi connectivity index (χ1) is 11.6. The van der Waals surface area contributed by atoms with Crippen molar-refractivity contribution in [3.05, 3.63) is 52.0 Å². The third-order valence-corrected chi connectivity index (χ3v) is 4.93. The van der Waals surface area contributed by atoms with E-state index in [9.17, 15) is 4.79 Å². The Morgan fingerprint density at radius 3 is 2.88 bits per heavy atom. The fraction of sp³-hybridized carbons (Fsp3) is 0.412. The molecule has 1 amide bonds. The van der Waals surface area contributed by atoms with Gasteiger partial charge in [-0.25, -0.2) is 4.98 Å². The van der Waals surface area contributed by atoms with E-state index in [2.05, 4.69) is 10.3 Å². The molecule has 0 spiro atoms. The number of nitrogens with one attached hydrogen (secondary N) is 1. The topological polar surface area (TPSA) is 50.2 Å². The van der Waals surface area contributed by atoms with E-state index in [1.54, 1.807) is 18.3 Å². The van der Waals surface area contributed by atoms with E-state index < -0.39 is 0 Å². The van der Waals surface area contributed by atoms with Crippen LogP contribution in [0.3, 0.4) is 0 Å². The summed E-state index contributed by atoms with van der Waals surface area (Å²) < 4.78 is 1.97. The molecule has 1 N–H and O–H groups in total. The Bertz CT molecular complexity index is 734. The average molecular weight is 404 g/mol. The number of rotatable bonds is 4. The SMILES string of the molecule is Cl.Cn1ccnc1C1CNCCN1C(=O)CCc1ccc(Cl)cc1Cl. The number of amides is 1. The molecule has 136 valence electrons. The molecule has 5 nitrogen and oxygen atoms in total. The zero-order valence-electron chi connectivity index (χ0n) is 13.9. The third kappa shape index (κ3) is 4.67. The van der Waals surface area contributed by atoms with Gasteiger partial charge in [0.25, 0.3) is 0 Å². The first kappa shape index (κ1) is 20.0. The molecule has 0 aliphatic carbocycles. The molecular formula is C17H21Cl3N4O. The molecule has 25 heavy (non-hydrogen) atoms. The van der Waals surface area contributed by atoms with Crippen molar-refractivity contribution in [2.24, 2.45) is 7.05 Å². The minimum atomic E-state index is -0.0352. The second-order valence-electron chi connectivity index (χ2n) is 5.94. The predicted molar refractivity (Wildman–Crippen MR) is 103 cm³/mol. The molecule has 1 atom stereocenters. The van der Waals surface area contributed by atoms with Crippen LogP contribution in [0.2, 0.25) is 10.0 Å². The number of benzene rings is 1. The Hall–Kier alpha value is -1.27. The molecule has 1 aromatic heterocycles. The Morgan fingerprint density at radius 2 is 2.20 bits per heavy atom. The van der Waals surface area contributed by atoms with Crippen molar-refractivity contribution in [3.8, 4) is 0 Å². The predicted octanol–water partition coefficient (Wildman–Crippen LogP) is 3.25. The van der Waals surface area contributed by atoms with E-state index in [-0.39, 0.29) is 24.4 Å². The van der Waals surface area contributed by atoms with Crippen molar-refractivity contribution in [1.82, 2.24) is 19.8 Å². The maximum Gasteiger partial charge on any atom is 0.223 e. The summed E-state index contributed by atoms with van der Waals surface area (Å²) in [5.41, 5.74) is 0.943. The number of nitrogens with zero attached hydrogens (tertiary/aromatic N) is 3. The molecule has 8 heteroatoms. The van der Waals surface area contributed by atoms with Crippen molar-refractivity contribution in [1.29, 1.82) is 0 Å². The van der Waals surface area contributed by atoms with Gasteiger partial charge in [0.1, 0.15) is 11.9 Å². The highest BCUT2D eigenvalue weighted by molar-refractivity contribution is 6.35. The molecule has 1 aliphatic heterocycles. The van der Waals surface area contributed by atoms with Crippen LogP contribution in [0.15, 0.2) is 30.6 Å². The molecule has 0 radical (unpaired) electrons. The van der Waals surface area contributed by atoms with Crippen LogP contribution in [0.25, 0.3) is 0 Å². The number of carbonyl (C=O) groups excluding carboxylic acids is 1. The highest BCUT2D eigenvalue weighted by Gasteiger charge is 2.30. The first-order valence-electron chi connectivity index (χ1n) is 7.97. The molecule has 1 saturated heterocycles. The lowest BCUT2D eigenvalue weighted by Gasteiger charge is -2.36. The number of aryl methyl sites for hydroxylation is 2. The number of aromatic nitrogens is 2. The summed E-state index contributed by atoms with van der Waals surface area (Å²) in [4.78, 5) is 19.1. The van der Waals surface area contributed by atoms with Gasteiger partial charge < -0.3 is 14.8 Å². The van der Waals surface area contributed by atoms with E-state index >= 15 is 0 Å². The van der Waals surface area contributed by atoms with E-state index in [4.69, 9.17) is 23.2 Å². The van der Waals surface area contributed by atoms with E-state index in [0.717, 1.165) is 24.5 Å². The van der Waals surface area contributed by atoms with Gasteiger partial charge in [0.05, 0.1) is 0 Å². The number of imidazole rings is 1. The van der Waals surface area contributed by atoms with Crippen LogP contribution in [0.1, 0.15) is 23.9 Å². The molecule has 0 saturated carbocycles. The molecule has 1 aliphatic rings. The number of halogens is 3. The molecule has 1 fully saturated rings.